The second-order valence-corrected chi connectivity index (χ2v) is 5.14. The molecule has 0 radical (unpaired) electrons. The molecule has 0 bridgehead atoms. The van der Waals surface area contributed by atoms with E-state index < -0.39 is 0 Å². The Morgan fingerprint density at radius 2 is 2.06 bits per heavy atom. The van der Waals surface area contributed by atoms with Crippen LogP contribution in [0, 0.1) is 6.92 Å². The molecule has 0 amide bonds. The summed E-state index contributed by atoms with van der Waals surface area (Å²) in [6.07, 6.45) is 0. The molecule has 0 aliphatic heterocycles. The molecule has 0 saturated carbocycles. The summed E-state index contributed by atoms with van der Waals surface area (Å²) in [6.45, 7) is 2.10. The number of tetrazole rings is 1. The molecule has 0 aliphatic rings. The lowest BCUT2D eigenvalue weighted by atomic mass is 10.1. The van der Waals surface area contributed by atoms with E-state index in [0.29, 0.717) is 6.04 Å². The Balaban J connectivity index is 2.01. The van der Waals surface area contributed by atoms with Gasteiger partial charge in [-0.1, -0.05) is 41.6 Å². The monoisotopic (exact) mass is 263 g/mol. The number of nitrogens with zero attached hydrogens (tertiary/aromatic N) is 4. The van der Waals surface area contributed by atoms with E-state index in [-0.39, 0.29) is 0 Å². The first-order valence-corrected chi connectivity index (χ1v) is 6.78. The van der Waals surface area contributed by atoms with Crippen molar-refractivity contribution in [2.75, 3.05) is 12.8 Å². The summed E-state index contributed by atoms with van der Waals surface area (Å²) in [4.78, 5) is 0. The topological polar surface area (TPSA) is 55.6 Å². The number of aromatic nitrogens is 4. The summed E-state index contributed by atoms with van der Waals surface area (Å²) in [6, 6.07) is 8.88. The van der Waals surface area contributed by atoms with Gasteiger partial charge >= 0.3 is 0 Å². The third kappa shape index (κ3) is 3.08. The largest absolute Gasteiger partial charge is 0.312 e. The molecule has 0 saturated heterocycles. The van der Waals surface area contributed by atoms with Gasteiger partial charge in [0.15, 0.2) is 0 Å². The van der Waals surface area contributed by atoms with Crippen LogP contribution in [-0.4, -0.2) is 33.0 Å². The lowest BCUT2D eigenvalue weighted by Gasteiger charge is -2.15. The Labute approximate surface area is 111 Å². The third-order valence-corrected chi connectivity index (χ3v) is 3.89. The van der Waals surface area contributed by atoms with Crippen molar-refractivity contribution >= 4 is 11.8 Å². The molecular weight excluding hydrogens is 246 g/mol. The summed E-state index contributed by atoms with van der Waals surface area (Å²) in [5.74, 6) is 0.897. The van der Waals surface area contributed by atoms with E-state index in [0.717, 1.165) is 10.9 Å². The molecular formula is C12H17N5S. The van der Waals surface area contributed by atoms with Crippen molar-refractivity contribution in [1.82, 2.24) is 25.5 Å². The Morgan fingerprint density at radius 3 is 2.61 bits per heavy atom. The molecule has 2 aromatic rings. The van der Waals surface area contributed by atoms with Gasteiger partial charge in [0, 0.05) is 18.8 Å². The Kier molecular flexibility index (Phi) is 4.33. The predicted molar refractivity (Wildman–Crippen MR) is 72.5 cm³/mol. The first kappa shape index (κ1) is 13.0. The first-order chi connectivity index (χ1) is 8.70. The van der Waals surface area contributed by atoms with Gasteiger partial charge in [0.1, 0.15) is 0 Å². The molecule has 1 N–H and O–H groups in total. The molecule has 0 spiro atoms. The van der Waals surface area contributed by atoms with Crippen LogP contribution in [0.1, 0.15) is 17.2 Å². The zero-order valence-corrected chi connectivity index (χ0v) is 11.6. The van der Waals surface area contributed by atoms with Crippen LogP contribution in [0.15, 0.2) is 29.4 Å². The number of aryl methyl sites for hydroxylation is 2. The van der Waals surface area contributed by atoms with Gasteiger partial charge in [-0.2, -0.15) is 0 Å². The fraction of sp³-hybridized carbons (Fsp3) is 0.417. The molecule has 0 aliphatic carbocycles. The number of rotatable bonds is 5. The highest BCUT2D eigenvalue weighted by Gasteiger charge is 2.11. The smallest absolute Gasteiger partial charge is 0.209 e. The standard InChI is InChI=1S/C12H17N5S/c1-9-4-6-10(7-5-9)11(13-2)8-18-12-14-15-16-17(12)3/h4-7,11,13H,8H2,1-3H3. The van der Waals surface area contributed by atoms with Crippen LogP contribution in [0.5, 0.6) is 0 Å². The maximum Gasteiger partial charge on any atom is 0.209 e. The second kappa shape index (κ2) is 5.97. The van der Waals surface area contributed by atoms with Crippen molar-refractivity contribution in [2.45, 2.75) is 18.1 Å². The second-order valence-electron chi connectivity index (χ2n) is 4.15. The summed E-state index contributed by atoms with van der Waals surface area (Å²) >= 11 is 1.65. The molecule has 1 aromatic carbocycles. The molecule has 1 atom stereocenters. The quantitative estimate of drug-likeness (QED) is 0.830. The van der Waals surface area contributed by atoms with Crippen molar-refractivity contribution in [1.29, 1.82) is 0 Å². The first-order valence-electron chi connectivity index (χ1n) is 5.79. The maximum absolute atomic E-state index is 3.97. The Bertz CT molecular complexity index is 493. The van der Waals surface area contributed by atoms with Crippen molar-refractivity contribution in [3.05, 3.63) is 35.4 Å². The van der Waals surface area contributed by atoms with E-state index in [4.69, 9.17) is 0 Å². The summed E-state index contributed by atoms with van der Waals surface area (Å²) < 4.78 is 1.69. The van der Waals surface area contributed by atoms with Crippen LogP contribution < -0.4 is 5.32 Å². The zero-order valence-electron chi connectivity index (χ0n) is 10.8. The van der Waals surface area contributed by atoms with Gasteiger partial charge < -0.3 is 5.32 Å². The van der Waals surface area contributed by atoms with Crippen LogP contribution in [0.25, 0.3) is 0 Å². The summed E-state index contributed by atoms with van der Waals surface area (Å²) in [5, 5.41) is 15.6. The maximum atomic E-state index is 3.97. The van der Waals surface area contributed by atoms with Crippen molar-refractivity contribution in [3.8, 4) is 0 Å². The van der Waals surface area contributed by atoms with Crippen LogP contribution in [0.3, 0.4) is 0 Å². The third-order valence-electron chi connectivity index (χ3n) is 2.79. The number of nitrogens with one attached hydrogen (secondary N) is 1. The predicted octanol–water partition coefficient (Wildman–Crippen LogP) is 1.57. The lowest BCUT2D eigenvalue weighted by molar-refractivity contribution is 0.649. The van der Waals surface area contributed by atoms with Gasteiger partial charge in [0.2, 0.25) is 5.16 Å². The minimum atomic E-state index is 0.298. The van der Waals surface area contributed by atoms with E-state index in [2.05, 4.69) is 52.0 Å². The normalized spacial score (nSPS) is 12.6. The summed E-state index contributed by atoms with van der Waals surface area (Å²) in [7, 11) is 3.82. The molecule has 5 nitrogen and oxygen atoms in total. The van der Waals surface area contributed by atoms with Crippen molar-refractivity contribution in [2.24, 2.45) is 7.05 Å². The molecule has 1 aromatic heterocycles. The van der Waals surface area contributed by atoms with E-state index in [1.54, 1.807) is 16.4 Å². The van der Waals surface area contributed by atoms with Crippen LogP contribution in [0.2, 0.25) is 0 Å². The highest BCUT2D eigenvalue weighted by Crippen LogP contribution is 2.22. The number of hydrogen-bond donors (Lipinski definition) is 1. The van der Waals surface area contributed by atoms with E-state index >= 15 is 0 Å². The molecule has 6 heteroatoms. The molecule has 0 fully saturated rings. The molecule has 1 unspecified atom stereocenters. The van der Waals surface area contributed by atoms with Gasteiger partial charge in [0.05, 0.1) is 0 Å². The fourth-order valence-corrected chi connectivity index (χ4v) is 2.64. The number of thioether (sulfide) groups is 1. The van der Waals surface area contributed by atoms with Crippen LogP contribution >= 0.6 is 11.8 Å². The van der Waals surface area contributed by atoms with Gasteiger partial charge in [-0.3, -0.25) is 0 Å². The highest BCUT2D eigenvalue weighted by atomic mass is 32.2. The summed E-state index contributed by atoms with van der Waals surface area (Å²) in [5.41, 5.74) is 2.56. The molecule has 2 rings (SSSR count). The van der Waals surface area contributed by atoms with E-state index in [1.807, 2.05) is 14.1 Å². The average Bonchev–Trinajstić information content (AvgIpc) is 2.78. The lowest BCUT2D eigenvalue weighted by Crippen LogP contribution is -2.18. The molecule has 1 heterocycles. The van der Waals surface area contributed by atoms with Gasteiger partial charge in [-0.15, -0.1) is 5.10 Å². The minimum Gasteiger partial charge on any atom is -0.312 e. The Morgan fingerprint density at radius 1 is 1.33 bits per heavy atom. The van der Waals surface area contributed by atoms with E-state index in [1.165, 1.54) is 11.1 Å². The number of benzene rings is 1. The van der Waals surface area contributed by atoms with Gasteiger partial charge in [-0.25, -0.2) is 4.68 Å². The molecule has 18 heavy (non-hydrogen) atoms. The molecule has 96 valence electrons. The number of hydrogen-bond acceptors (Lipinski definition) is 5. The van der Waals surface area contributed by atoms with Crippen molar-refractivity contribution < 1.29 is 0 Å². The Hall–Kier alpha value is -1.40. The van der Waals surface area contributed by atoms with Crippen molar-refractivity contribution in [3.63, 3.8) is 0 Å². The average molecular weight is 263 g/mol. The minimum absolute atomic E-state index is 0.298. The highest BCUT2D eigenvalue weighted by molar-refractivity contribution is 7.99. The van der Waals surface area contributed by atoms with E-state index in [9.17, 15) is 0 Å². The van der Waals surface area contributed by atoms with Gasteiger partial charge in [0.25, 0.3) is 0 Å². The van der Waals surface area contributed by atoms with Crippen LogP contribution in [0.4, 0.5) is 0 Å². The van der Waals surface area contributed by atoms with Gasteiger partial charge in [-0.05, 0) is 30.0 Å². The zero-order chi connectivity index (χ0) is 13.0. The fourth-order valence-electron chi connectivity index (χ4n) is 1.65. The SMILES string of the molecule is CNC(CSc1nnnn1C)c1ccc(C)cc1. The van der Waals surface area contributed by atoms with Crippen LogP contribution in [-0.2, 0) is 7.05 Å².